The van der Waals surface area contributed by atoms with Crippen LogP contribution in [0.4, 0.5) is 0 Å². The summed E-state index contributed by atoms with van der Waals surface area (Å²) >= 11 is 0. The van der Waals surface area contributed by atoms with Gasteiger partial charge in [-0.1, -0.05) is 97.1 Å². The van der Waals surface area contributed by atoms with E-state index >= 15 is 0 Å². The molecule has 3 atom stereocenters. The van der Waals surface area contributed by atoms with Crippen LogP contribution in [-0.2, 0) is 26.8 Å². The minimum atomic E-state index is -0.384. The molecule has 3 unspecified atom stereocenters. The van der Waals surface area contributed by atoms with Gasteiger partial charge in [0.25, 0.3) is 5.91 Å². The quantitative estimate of drug-likeness (QED) is 0.169. The van der Waals surface area contributed by atoms with Crippen LogP contribution in [0.2, 0.25) is 0 Å². The maximum absolute atomic E-state index is 12.7. The topological polar surface area (TPSA) is 72.2 Å². The van der Waals surface area contributed by atoms with E-state index in [0.29, 0.717) is 11.1 Å². The Kier molecular flexibility index (Phi) is 16.3. The number of primary amides is 1. The molecule has 3 N–H and O–H groups in total. The Bertz CT molecular complexity index is 1250. The van der Waals surface area contributed by atoms with Crippen LogP contribution in [0.15, 0.2) is 109 Å². The minimum Gasteiger partial charge on any atom is -0.366 e. The summed E-state index contributed by atoms with van der Waals surface area (Å²) in [4.78, 5) is 23.3. The van der Waals surface area contributed by atoms with E-state index in [9.17, 15) is 9.59 Å². The van der Waals surface area contributed by atoms with E-state index in [1.807, 2.05) is 93.1 Å². The number of benzene rings is 4. The van der Waals surface area contributed by atoms with E-state index < -0.39 is 0 Å². The van der Waals surface area contributed by atoms with Gasteiger partial charge >= 0.3 is 0 Å². The molecule has 4 rings (SSSR count). The van der Waals surface area contributed by atoms with Crippen LogP contribution in [0.5, 0.6) is 0 Å². The van der Waals surface area contributed by atoms with E-state index in [-0.39, 0.29) is 38.3 Å². The average molecular weight is 636 g/mol. The smallest absolute Gasteiger partial charge is 0.252 e. The monoisotopic (exact) mass is 635 g/mol. The molecular weight excluding hydrogens is 601 g/mol. The number of hydrogen-bond donors (Lipinski definition) is 2. The summed E-state index contributed by atoms with van der Waals surface area (Å²) in [7, 11) is 5.08. The number of carbonyl (C=O) groups is 2. The van der Waals surface area contributed by atoms with Crippen molar-refractivity contribution in [3.05, 3.63) is 138 Å². The number of rotatable bonds is 6. The van der Waals surface area contributed by atoms with Crippen LogP contribution < -0.4 is 21.7 Å². The largest absolute Gasteiger partial charge is 0.366 e. The SMILES string of the molecule is C[CH-]C.NC(=O)c1ccccc1P.O=C(NC(Cc1ccccc1)c1ccccc1)c1ccccc1P.[Pd]. The summed E-state index contributed by atoms with van der Waals surface area (Å²) in [6, 6.07) is 35.0. The Labute approximate surface area is 245 Å². The molecule has 0 bridgehead atoms. The molecule has 0 saturated heterocycles. The van der Waals surface area contributed by atoms with E-state index in [1.165, 1.54) is 5.56 Å². The Hall–Kier alpha value is -2.66. The number of carbonyl (C=O) groups excluding carboxylic acids is 2. The molecule has 7 heteroatoms. The maximum atomic E-state index is 12.7. The second-order valence-electron chi connectivity index (χ2n) is 8.24. The van der Waals surface area contributed by atoms with Gasteiger partial charge in [-0.2, -0.15) is 13.8 Å². The molecule has 4 aromatic rings. The van der Waals surface area contributed by atoms with Crippen molar-refractivity contribution in [3.63, 3.8) is 0 Å². The van der Waals surface area contributed by atoms with Crippen LogP contribution in [0.3, 0.4) is 0 Å². The molecule has 0 fully saturated rings. The van der Waals surface area contributed by atoms with Gasteiger partial charge in [0, 0.05) is 31.5 Å². The van der Waals surface area contributed by atoms with Gasteiger partial charge in [0.1, 0.15) is 0 Å². The van der Waals surface area contributed by atoms with Gasteiger partial charge in [-0.25, -0.2) is 0 Å². The van der Waals surface area contributed by atoms with Gasteiger partial charge in [0.2, 0.25) is 5.91 Å². The van der Waals surface area contributed by atoms with Gasteiger partial charge < -0.3 is 17.5 Å². The van der Waals surface area contributed by atoms with Crippen LogP contribution in [0.1, 0.15) is 51.7 Å². The summed E-state index contributed by atoms with van der Waals surface area (Å²) in [5.74, 6) is -0.434. The number of nitrogens with two attached hydrogens (primary N) is 1. The van der Waals surface area contributed by atoms with Crippen LogP contribution in [-0.4, -0.2) is 11.8 Å². The molecule has 0 aliphatic carbocycles. The fraction of sp³-hybridized carbons (Fsp3) is 0.129. The Morgan fingerprint density at radius 1 is 0.737 bits per heavy atom. The Morgan fingerprint density at radius 3 is 1.61 bits per heavy atom. The number of nitrogens with one attached hydrogen (secondary N) is 1. The van der Waals surface area contributed by atoms with E-state index in [2.05, 4.69) is 48.1 Å². The molecule has 0 spiro atoms. The maximum Gasteiger partial charge on any atom is 0.252 e. The third-order valence-electron chi connectivity index (χ3n) is 5.22. The third-order valence-corrected chi connectivity index (χ3v) is 6.23. The molecule has 4 aromatic carbocycles. The first-order valence-electron chi connectivity index (χ1n) is 12.0. The van der Waals surface area contributed by atoms with Gasteiger partial charge in [-0.15, -0.1) is 18.5 Å². The van der Waals surface area contributed by atoms with Crippen LogP contribution in [0.25, 0.3) is 0 Å². The minimum absolute atomic E-state index is 0. The summed E-state index contributed by atoms with van der Waals surface area (Å²) < 4.78 is 0. The van der Waals surface area contributed by atoms with Crippen molar-refractivity contribution in [1.29, 1.82) is 0 Å². The summed E-state index contributed by atoms with van der Waals surface area (Å²) in [6.45, 7) is 4.00. The number of amides is 2. The normalized spacial score (nSPS) is 10.3. The molecule has 38 heavy (non-hydrogen) atoms. The standard InChI is InChI=1S/C21H20NOP.C7H8NOP.C3H7.Pd/c23-21(18-13-7-8-14-20(18)24)22-19(17-11-5-2-6-12-17)15-16-9-3-1-4-10-16;8-7(9)5-3-1-2-4-6(5)10;1-3-2;/h1-14,19H,15,24H2,(H,22,23);1-4H,10H2,(H2,8,9);3H,1-2H3;/q;;-1;. The molecule has 0 heterocycles. The van der Waals surface area contributed by atoms with Crippen LogP contribution in [0, 0.1) is 6.42 Å². The fourth-order valence-electron chi connectivity index (χ4n) is 3.45. The zero-order valence-electron chi connectivity index (χ0n) is 21.6. The zero-order chi connectivity index (χ0) is 27.0. The molecule has 2 amide bonds. The number of hydrogen-bond acceptors (Lipinski definition) is 2. The van der Waals surface area contributed by atoms with Crippen molar-refractivity contribution in [1.82, 2.24) is 5.32 Å². The van der Waals surface area contributed by atoms with Gasteiger partial charge in [0.05, 0.1) is 6.04 Å². The molecule has 4 nitrogen and oxygen atoms in total. The van der Waals surface area contributed by atoms with E-state index in [4.69, 9.17) is 5.73 Å². The molecule has 0 saturated carbocycles. The van der Waals surface area contributed by atoms with Gasteiger partial charge in [-0.05, 0) is 40.3 Å². The average Bonchev–Trinajstić information content (AvgIpc) is 2.90. The van der Waals surface area contributed by atoms with Crippen molar-refractivity contribution < 1.29 is 30.0 Å². The molecule has 0 aliphatic heterocycles. The molecular formula is C31H35N2O2P2Pd-. The van der Waals surface area contributed by atoms with E-state index in [0.717, 1.165) is 22.6 Å². The third kappa shape index (κ3) is 11.4. The van der Waals surface area contributed by atoms with E-state index in [1.54, 1.807) is 12.1 Å². The van der Waals surface area contributed by atoms with Gasteiger partial charge in [0.15, 0.2) is 0 Å². The molecule has 0 radical (unpaired) electrons. The van der Waals surface area contributed by atoms with Crippen molar-refractivity contribution in [2.75, 3.05) is 0 Å². The van der Waals surface area contributed by atoms with Crippen molar-refractivity contribution in [2.24, 2.45) is 5.73 Å². The Morgan fingerprint density at radius 2 is 1.16 bits per heavy atom. The first-order chi connectivity index (χ1) is 17.9. The second-order valence-corrected chi connectivity index (χ2v) is 9.49. The van der Waals surface area contributed by atoms with Crippen molar-refractivity contribution in [2.45, 2.75) is 26.3 Å². The predicted octanol–water partition coefficient (Wildman–Crippen LogP) is 5.41. The second kappa shape index (κ2) is 18.6. The predicted molar refractivity (Wildman–Crippen MR) is 163 cm³/mol. The zero-order valence-corrected chi connectivity index (χ0v) is 25.5. The molecule has 0 aromatic heterocycles. The first-order valence-corrected chi connectivity index (χ1v) is 13.1. The summed E-state index contributed by atoms with van der Waals surface area (Å²) in [5, 5.41) is 4.93. The molecule has 202 valence electrons. The summed E-state index contributed by atoms with van der Waals surface area (Å²) in [5.41, 5.74) is 8.62. The summed E-state index contributed by atoms with van der Waals surface area (Å²) in [6.07, 6.45) is 2.76. The fourth-order valence-corrected chi connectivity index (χ4v) is 4.14. The van der Waals surface area contributed by atoms with Crippen LogP contribution >= 0.6 is 18.5 Å². The Balaban J connectivity index is 0.000000432. The van der Waals surface area contributed by atoms with Crippen molar-refractivity contribution >= 4 is 40.9 Å². The van der Waals surface area contributed by atoms with Gasteiger partial charge in [-0.3, -0.25) is 9.59 Å². The molecule has 0 aliphatic rings. The first kappa shape index (κ1) is 33.4. The van der Waals surface area contributed by atoms with Crippen molar-refractivity contribution in [3.8, 4) is 0 Å².